The molecule has 1 N–H and O–H groups in total. The van der Waals surface area contributed by atoms with Crippen molar-refractivity contribution < 1.29 is 9.53 Å². The number of anilines is 1. The molecule has 30 heavy (non-hydrogen) atoms. The average Bonchev–Trinajstić information content (AvgIpc) is 2.74. The van der Waals surface area contributed by atoms with Crippen molar-refractivity contribution in [3.63, 3.8) is 0 Å². The molecule has 0 bridgehead atoms. The average molecular weight is 437 g/mol. The fourth-order valence-corrected chi connectivity index (χ4v) is 3.22. The Morgan fingerprint density at radius 3 is 2.53 bits per heavy atom. The quantitative estimate of drug-likeness (QED) is 0.357. The molecule has 0 radical (unpaired) electrons. The van der Waals surface area contributed by atoms with Crippen LogP contribution in [0.5, 0.6) is 5.75 Å². The number of para-hydroxylation sites is 1. The number of carbonyl (C=O) groups excluding carboxylic acids is 1. The molecule has 150 valence electrons. The monoisotopic (exact) mass is 436 g/mol. The first-order chi connectivity index (χ1) is 14.5. The summed E-state index contributed by atoms with van der Waals surface area (Å²) in [5, 5.41) is 13.2. The molecule has 0 aromatic heterocycles. The number of nitrogens with zero attached hydrogens (tertiary/aromatic N) is 1. The normalized spacial score (nSPS) is 10.9. The second-order valence-corrected chi connectivity index (χ2v) is 7.32. The molecule has 0 atom stereocenters. The van der Waals surface area contributed by atoms with E-state index in [9.17, 15) is 10.1 Å². The Morgan fingerprint density at radius 1 is 1.07 bits per heavy atom. The Hall–Kier alpha value is -3.26. The lowest BCUT2D eigenvalue weighted by atomic mass is 10.1. The number of hydrogen-bond acceptors (Lipinski definition) is 3. The van der Waals surface area contributed by atoms with E-state index >= 15 is 0 Å². The van der Waals surface area contributed by atoms with E-state index in [1.54, 1.807) is 42.5 Å². The van der Waals surface area contributed by atoms with E-state index < -0.39 is 5.91 Å². The molecule has 0 saturated carbocycles. The largest absolute Gasteiger partial charge is 0.489 e. The highest BCUT2D eigenvalue weighted by Crippen LogP contribution is 2.26. The van der Waals surface area contributed by atoms with Gasteiger partial charge in [0.1, 0.15) is 24.0 Å². The van der Waals surface area contributed by atoms with Gasteiger partial charge in [-0.15, -0.1) is 0 Å². The second kappa shape index (κ2) is 9.98. The summed E-state index contributed by atoms with van der Waals surface area (Å²) in [4.78, 5) is 12.6. The molecule has 0 unspecified atom stereocenters. The molecule has 3 aromatic rings. The predicted octanol–water partition coefficient (Wildman–Crippen LogP) is 6.43. The van der Waals surface area contributed by atoms with Crippen molar-refractivity contribution in [2.24, 2.45) is 0 Å². The maximum atomic E-state index is 12.6. The van der Waals surface area contributed by atoms with Crippen LogP contribution in [0, 0.1) is 18.3 Å². The van der Waals surface area contributed by atoms with Gasteiger partial charge in [-0.2, -0.15) is 5.26 Å². The van der Waals surface area contributed by atoms with Gasteiger partial charge in [-0.05, 0) is 48.4 Å². The molecular formula is C24H18Cl2N2O2. The molecular weight excluding hydrogens is 419 g/mol. The Labute approximate surface area is 185 Å². The molecule has 3 rings (SSSR count). The number of amides is 1. The molecule has 1 amide bonds. The summed E-state index contributed by atoms with van der Waals surface area (Å²) in [6, 6.07) is 21.8. The van der Waals surface area contributed by atoms with E-state index in [4.69, 9.17) is 27.9 Å². The van der Waals surface area contributed by atoms with Crippen LogP contribution in [0.2, 0.25) is 10.0 Å². The number of nitriles is 1. The van der Waals surface area contributed by atoms with Gasteiger partial charge in [0.25, 0.3) is 5.91 Å². The molecule has 0 heterocycles. The molecule has 6 heteroatoms. The Morgan fingerprint density at radius 2 is 1.80 bits per heavy atom. The first kappa shape index (κ1) is 21.4. The van der Waals surface area contributed by atoms with Crippen LogP contribution >= 0.6 is 23.2 Å². The maximum absolute atomic E-state index is 12.6. The van der Waals surface area contributed by atoms with E-state index in [2.05, 4.69) is 5.32 Å². The van der Waals surface area contributed by atoms with Crippen LogP contribution in [0.4, 0.5) is 5.69 Å². The van der Waals surface area contributed by atoms with Gasteiger partial charge in [0.15, 0.2) is 0 Å². The van der Waals surface area contributed by atoms with E-state index in [0.717, 1.165) is 11.1 Å². The van der Waals surface area contributed by atoms with Gasteiger partial charge in [-0.3, -0.25) is 4.79 Å². The third-order valence-electron chi connectivity index (χ3n) is 4.35. The zero-order chi connectivity index (χ0) is 21.5. The number of benzene rings is 3. The second-order valence-electron chi connectivity index (χ2n) is 6.51. The van der Waals surface area contributed by atoms with Crippen LogP contribution in [0.15, 0.2) is 72.3 Å². The van der Waals surface area contributed by atoms with Crippen LogP contribution in [0.3, 0.4) is 0 Å². The van der Waals surface area contributed by atoms with Gasteiger partial charge in [-0.25, -0.2) is 0 Å². The zero-order valence-corrected chi connectivity index (χ0v) is 17.7. The first-order valence-electron chi connectivity index (χ1n) is 9.12. The summed E-state index contributed by atoms with van der Waals surface area (Å²) in [5.74, 6) is 0.0689. The van der Waals surface area contributed by atoms with Crippen LogP contribution in [-0.4, -0.2) is 5.91 Å². The topological polar surface area (TPSA) is 62.1 Å². The SMILES string of the molecule is Cc1cccc(Cl)c1NC(=O)/C(C#N)=C/c1cccc(OCc2ccccc2Cl)c1. The van der Waals surface area contributed by atoms with Crippen molar-refractivity contribution in [3.05, 3.63) is 99.0 Å². The molecule has 0 aliphatic heterocycles. The molecule has 0 aliphatic carbocycles. The van der Waals surface area contributed by atoms with Crippen molar-refractivity contribution in [3.8, 4) is 11.8 Å². The highest BCUT2D eigenvalue weighted by atomic mass is 35.5. The summed E-state index contributed by atoms with van der Waals surface area (Å²) >= 11 is 12.3. The summed E-state index contributed by atoms with van der Waals surface area (Å²) in [6.45, 7) is 2.14. The number of halogens is 2. The number of aryl methyl sites for hydroxylation is 1. The minimum Gasteiger partial charge on any atom is -0.489 e. The molecule has 0 aliphatic rings. The number of rotatable bonds is 6. The van der Waals surface area contributed by atoms with Crippen LogP contribution < -0.4 is 10.1 Å². The van der Waals surface area contributed by atoms with Gasteiger partial charge in [0.05, 0.1) is 10.7 Å². The molecule has 0 fully saturated rings. The van der Waals surface area contributed by atoms with E-state index in [0.29, 0.717) is 33.7 Å². The van der Waals surface area contributed by atoms with Crippen molar-refractivity contribution in [2.45, 2.75) is 13.5 Å². The molecule has 4 nitrogen and oxygen atoms in total. The van der Waals surface area contributed by atoms with Crippen molar-refractivity contribution >= 4 is 40.9 Å². The fraction of sp³-hybridized carbons (Fsp3) is 0.0833. The van der Waals surface area contributed by atoms with E-state index in [-0.39, 0.29) is 5.57 Å². The smallest absolute Gasteiger partial charge is 0.266 e. The van der Waals surface area contributed by atoms with Crippen molar-refractivity contribution in [2.75, 3.05) is 5.32 Å². The summed E-state index contributed by atoms with van der Waals surface area (Å²) in [5.41, 5.74) is 2.78. The highest BCUT2D eigenvalue weighted by Gasteiger charge is 2.13. The van der Waals surface area contributed by atoms with Crippen molar-refractivity contribution in [1.29, 1.82) is 5.26 Å². The summed E-state index contributed by atoms with van der Waals surface area (Å²) in [6.07, 6.45) is 1.50. The zero-order valence-electron chi connectivity index (χ0n) is 16.2. The van der Waals surface area contributed by atoms with Crippen molar-refractivity contribution in [1.82, 2.24) is 0 Å². The summed E-state index contributed by atoms with van der Waals surface area (Å²) < 4.78 is 5.80. The maximum Gasteiger partial charge on any atom is 0.266 e. The minimum absolute atomic E-state index is 0.0439. The molecule has 0 spiro atoms. The summed E-state index contributed by atoms with van der Waals surface area (Å²) in [7, 11) is 0. The lowest BCUT2D eigenvalue weighted by molar-refractivity contribution is -0.112. The standard InChI is InChI=1S/C24H18Cl2N2O2/c1-16-6-4-11-22(26)23(16)28-24(29)19(14-27)12-17-7-5-9-20(13-17)30-15-18-8-2-3-10-21(18)25/h2-13H,15H2,1H3,(H,28,29)/b19-12+. The third kappa shape index (κ3) is 5.42. The van der Waals surface area contributed by atoms with E-state index in [1.165, 1.54) is 6.08 Å². The lowest BCUT2D eigenvalue weighted by Crippen LogP contribution is -2.14. The molecule has 0 saturated heterocycles. The van der Waals surface area contributed by atoms with Gasteiger partial charge in [-0.1, -0.05) is 65.7 Å². The third-order valence-corrected chi connectivity index (χ3v) is 5.03. The number of ether oxygens (including phenoxy) is 1. The first-order valence-corrected chi connectivity index (χ1v) is 9.88. The predicted molar refractivity (Wildman–Crippen MR) is 121 cm³/mol. The lowest BCUT2D eigenvalue weighted by Gasteiger charge is -2.10. The van der Waals surface area contributed by atoms with Gasteiger partial charge >= 0.3 is 0 Å². The Balaban J connectivity index is 1.76. The number of carbonyl (C=O) groups is 1. The van der Waals surface area contributed by atoms with Crippen LogP contribution in [0.1, 0.15) is 16.7 Å². The van der Waals surface area contributed by atoms with Gasteiger partial charge in [0, 0.05) is 10.6 Å². The van der Waals surface area contributed by atoms with Gasteiger partial charge < -0.3 is 10.1 Å². The van der Waals surface area contributed by atoms with E-state index in [1.807, 2.05) is 37.3 Å². The fourth-order valence-electron chi connectivity index (χ4n) is 2.76. The highest BCUT2D eigenvalue weighted by molar-refractivity contribution is 6.34. The van der Waals surface area contributed by atoms with Crippen LogP contribution in [-0.2, 0) is 11.4 Å². The minimum atomic E-state index is -0.531. The Bertz CT molecular complexity index is 1130. The molecule has 3 aromatic carbocycles. The number of hydrogen-bond donors (Lipinski definition) is 1. The van der Waals surface area contributed by atoms with Gasteiger partial charge in [0.2, 0.25) is 0 Å². The number of nitrogens with one attached hydrogen (secondary N) is 1. The van der Waals surface area contributed by atoms with Crippen LogP contribution in [0.25, 0.3) is 6.08 Å². The Kier molecular flexibility index (Phi) is 7.13.